The summed E-state index contributed by atoms with van der Waals surface area (Å²) in [6.07, 6.45) is -2.81. The van der Waals surface area contributed by atoms with Crippen molar-refractivity contribution < 1.29 is 36.7 Å². The quantitative estimate of drug-likeness (QED) is 0.517. The topological polar surface area (TPSA) is 68.3 Å². The van der Waals surface area contributed by atoms with Crippen LogP contribution in [0, 0.1) is 0 Å². The summed E-state index contributed by atoms with van der Waals surface area (Å²) in [5.41, 5.74) is 0. The zero-order valence-corrected chi connectivity index (χ0v) is 9.56. The van der Waals surface area contributed by atoms with Gasteiger partial charge in [0.15, 0.2) is 0 Å². The van der Waals surface area contributed by atoms with Gasteiger partial charge in [-0.1, -0.05) is 0 Å². The Labute approximate surface area is 99.3 Å². The normalized spacial score (nSPS) is 12.1. The van der Waals surface area contributed by atoms with Crippen molar-refractivity contribution >= 4 is 23.1 Å². The molecule has 0 aromatic rings. The summed E-state index contributed by atoms with van der Waals surface area (Å²) in [5.74, 6) is -17.4. The van der Waals surface area contributed by atoms with Gasteiger partial charge in [-0.05, 0) is 13.8 Å². The molecule has 0 bridgehead atoms. The van der Waals surface area contributed by atoms with Crippen LogP contribution in [0.3, 0.4) is 0 Å². The largest absolute Gasteiger partial charge is 0.375 e. The summed E-state index contributed by atoms with van der Waals surface area (Å²) in [4.78, 5) is 42.5. The second-order valence-corrected chi connectivity index (χ2v) is 3.75. The minimum Gasteiger partial charge on any atom is -0.300 e. The van der Waals surface area contributed by atoms with E-state index in [9.17, 15) is 36.7 Å². The Bertz CT molecular complexity index is 363. The maximum Gasteiger partial charge on any atom is 0.375 e. The van der Waals surface area contributed by atoms with E-state index in [4.69, 9.17) is 0 Å². The number of halogens is 4. The average molecular weight is 270 g/mol. The average Bonchev–Trinajstić information content (AvgIpc) is 2.14. The highest BCUT2D eigenvalue weighted by molar-refractivity contribution is 6.08. The summed E-state index contributed by atoms with van der Waals surface area (Å²) in [7, 11) is 0. The van der Waals surface area contributed by atoms with Gasteiger partial charge in [0.1, 0.15) is 11.6 Å². The summed E-state index contributed by atoms with van der Waals surface area (Å²) in [5, 5.41) is 0. The first-order valence-electron chi connectivity index (χ1n) is 4.74. The molecule has 0 aliphatic heterocycles. The van der Waals surface area contributed by atoms with Crippen molar-refractivity contribution in [2.45, 2.75) is 38.5 Å². The van der Waals surface area contributed by atoms with Gasteiger partial charge in [0, 0.05) is 0 Å². The molecule has 0 N–H and O–H groups in total. The number of alkyl halides is 4. The van der Waals surface area contributed by atoms with E-state index in [1.165, 1.54) is 0 Å². The molecule has 102 valence electrons. The second kappa shape index (κ2) is 5.36. The number of hydrogen-bond acceptors (Lipinski definition) is 4. The van der Waals surface area contributed by atoms with Crippen molar-refractivity contribution in [3.63, 3.8) is 0 Å². The van der Waals surface area contributed by atoms with E-state index in [1.54, 1.807) is 0 Å². The molecule has 8 heteroatoms. The molecule has 0 heterocycles. The zero-order chi connectivity index (χ0) is 14.7. The smallest absolute Gasteiger partial charge is 0.300 e. The molecule has 0 atom stereocenters. The van der Waals surface area contributed by atoms with Crippen LogP contribution in [0.2, 0.25) is 0 Å². The van der Waals surface area contributed by atoms with Gasteiger partial charge in [0.2, 0.25) is 11.6 Å². The fraction of sp³-hybridized carbons (Fsp3) is 0.600. The standard InChI is InChI=1S/C10H10F4O4/c1-5(15)3-7(17)9(11,12)10(13,14)8(18)4-6(2)16/h3-4H2,1-2H3. The molecule has 0 saturated heterocycles. The van der Waals surface area contributed by atoms with E-state index >= 15 is 0 Å². The van der Waals surface area contributed by atoms with Crippen LogP contribution in [0.25, 0.3) is 0 Å². The first-order valence-corrected chi connectivity index (χ1v) is 4.74. The number of hydrogen-bond donors (Lipinski definition) is 0. The first kappa shape index (κ1) is 16.4. The van der Waals surface area contributed by atoms with Crippen LogP contribution in [0.1, 0.15) is 26.7 Å². The molecule has 0 aliphatic carbocycles. The van der Waals surface area contributed by atoms with Crippen LogP contribution in [-0.4, -0.2) is 35.0 Å². The van der Waals surface area contributed by atoms with Crippen LogP contribution in [0.4, 0.5) is 17.6 Å². The first-order chi connectivity index (χ1) is 7.92. The molecule has 0 amide bonds. The molecule has 0 aliphatic rings. The van der Waals surface area contributed by atoms with Gasteiger partial charge in [-0.2, -0.15) is 17.6 Å². The minimum absolute atomic E-state index is 0.767. The van der Waals surface area contributed by atoms with Crippen molar-refractivity contribution in [1.29, 1.82) is 0 Å². The third kappa shape index (κ3) is 3.44. The number of Topliss-reactive ketones (excluding diaryl/α,β-unsaturated/α-hetero) is 4. The number of rotatable bonds is 7. The Balaban J connectivity index is 5.17. The van der Waals surface area contributed by atoms with Crippen molar-refractivity contribution in [1.82, 2.24) is 0 Å². The molecule has 0 unspecified atom stereocenters. The molecule has 0 saturated carbocycles. The van der Waals surface area contributed by atoms with Crippen LogP contribution in [0.15, 0.2) is 0 Å². The summed E-state index contributed by atoms with van der Waals surface area (Å²) >= 11 is 0. The number of carbonyl (C=O) groups excluding carboxylic acids is 4. The lowest BCUT2D eigenvalue weighted by molar-refractivity contribution is -0.208. The van der Waals surface area contributed by atoms with E-state index in [2.05, 4.69) is 0 Å². The van der Waals surface area contributed by atoms with Crippen LogP contribution in [0.5, 0.6) is 0 Å². The Morgan fingerprint density at radius 3 is 1.11 bits per heavy atom. The van der Waals surface area contributed by atoms with Gasteiger partial charge in [-0.15, -0.1) is 0 Å². The van der Waals surface area contributed by atoms with Crippen molar-refractivity contribution in [3.05, 3.63) is 0 Å². The van der Waals surface area contributed by atoms with E-state index in [-0.39, 0.29) is 0 Å². The van der Waals surface area contributed by atoms with Crippen molar-refractivity contribution in [2.24, 2.45) is 0 Å². The molecular weight excluding hydrogens is 260 g/mol. The Morgan fingerprint density at radius 1 is 0.722 bits per heavy atom. The molecule has 4 nitrogen and oxygen atoms in total. The summed E-state index contributed by atoms with van der Waals surface area (Å²) in [6.45, 7) is 1.53. The van der Waals surface area contributed by atoms with Gasteiger partial charge in [0.05, 0.1) is 12.8 Å². The second-order valence-electron chi connectivity index (χ2n) is 3.75. The van der Waals surface area contributed by atoms with E-state index in [1.807, 2.05) is 0 Å². The predicted molar refractivity (Wildman–Crippen MR) is 50.5 cm³/mol. The molecule has 0 radical (unpaired) electrons. The van der Waals surface area contributed by atoms with Gasteiger partial charge in [-0.25, -0.2) is 0 Å². The Hall–Kier alpha value is -1.60. The third-order valence-electron chi connectivity index (χ3n) is 1.91. The van der Waals surface area contributed by atoms with Crippen LogP contribution in [-0.2, 0) is 19.2 Å². The SMILES string of the molecule is CC(=O)CC(=O)C(F)(F)C(F)(F)C(=O)CC(C)=O. The van der Waals surface area contributed by atoms with Crippen LogP contribution < -0.4 is 0 Å². The molecule has 0 aromatic carbocycles. The van der Waals surface area contributed by atoms with E-state index < -0.39 is 47.8 Å². The van der Waals surface area contributed by atoms with Crippen molar-refractivity contribution in [2.75, 3.05) is 0 Å². The highest BCUT2D eigenvalue weighted by atomic mass is 19.3. The predicted octanol–water partition coefficient (Wildman–Crippen LogP) is 1.35. The Morgan fingerprint density at radius 2 is 0.944 bits per heavy atom. The lowest BCUT2D eigenvalue weighted by Crippen LogP contribution is -2.53. The van der Waals surface area contributed by atoms with Gasteiger partial charge in [0.25, 0.3) is 0 Å². The molecule has 0 fully saturated rings. The van der Waals surface area contributed by atoms with Crippen molar-refractivity contribution in [3.8, 4) is 0 Å². The highest BCUT2D eigenvalue weighted by Crippen LogP contribution is 2.37. The fourth-order valence-electron chi connectivity index (χ4n) is 1.02. The maximum atomic E-state index is 13.1. The molecule has 0 rings (SSSR count). The monoisotopic (exact) mass is 270 g/mol. The molecule has 0 spiro atoms. The Kier molecular flexibility index (Phi) is 4.89. The van der Waals surface area contributed by atoms with E-state index in [0.29, 0.717) is 0 Å². The fourth-order valence-corrected chi connectivity index (χ4v) is 1.02. The molecule has 0 aromatic heterocycles. The lowest BCUT2D eigenvalue weighted by Gasteiger charge is -2.23. The third-order valence-corrected chi connectivity index (χ3v) is 1.91. The summed E-state index contributed by atoms with van der Waals surface area (Å²) in [6, 6.07) is 0. The zero-order valence-electron chi connectivity index (χ0n) is 9.56. The number of ketones is 4. The number of carbonyl (C=O) groups is 4. The van der Waals surface area contributed by atoms with Gasteiger partial charge < -0.3 is 0 Å². The summed E-state index contributed by atoms with van der Waals surface area (Å²) < 4.78 is 52.3. The molecular formula is C10H10F4O4. The van der Waals surface area contributed by atoms with E-state index in [0.717, 1.165) is 13.8 Å². The van der Waals surface area contributed by atoms with Gasteiger partial charge >= 0.3 is 11.8 Å². The molecule has 18 heavy (non-hydrogen) atoms. The highest BCUT2D eigenvalue weighted by Gasteiger charge is 2.65. The van der Waals surface area contributed by atoms with Gasteiger partial charge in [-0.3, -0.25) is 19.2 Å². The van der Waals surface area contributed by atoms with Crippen LogP contribution >= 0.6 is 0 Å². The lowest BCUT2D eigenvalue weighted by atomic mass is 9.97. The maximum absolute atomic E-state index is 13.1. The minimum atomic E-state index is -5.30.